The SMILES string of the molecule is CCCCCCCCCC(CCCCCCCC(=O)OO)N=O. The van der Waals surface area contributed by atoms with E-state index < -0.39 is 5.97 Å². The minimum atomic E-state index is -0.565. The van der Waals surface area contributed by atoms with Crippen molar-refractivity contribution in [3.05, 3.63) is 4.91 Å². The molecule has 0 aliphatic rings. The van der Waals surface area contributed by atoms with Crippen molar-refractivity contribution in [2.45, 2.75) is 109 Å². The van der Waals surface area contributed by atoms with Gasteiger partial charge in [-0.05, 0) is 19.3 Å². The Morgan fingerprint density at radius 1 is 0.870 bits per heavy atom. The zero-order valence-electron chi connectivity index (χ0n) is 14.8. The van der Waals surface area contributed by atoms with E-state index in [1.807, 2.05) is 0 Å². The fourth-order valence-electron chi connectivity index (χ4n) is 2.81. The zero-order chi connectivity index (χ0) is 17.2. The average molecular weight is 329 g/mol. The molecule has 5 nitrogen and oxygen atoms in total. The monoisotopic (exact) mass is 329 g/mol. The summed E-state index contributed by atoms with van der Waals surface area (Å²) in [5, 5.41) is 11.4. The van der Waals surface area contributed by atoms with Crippen LogP contribution >= 0.6 is 0 Å². The third-order valence-corrected chi connectivity index (χ3v) is 4.31. The van der Waals surface area contributed by atoms with Crippen LogP contribution in [0.4, 0.5) is 0 Å². The third-order valence-electron chi connectivity index (χ3n) is 4.31. The van der Waals surface area contributed by atoms with Crippen molar-refractivity contribution < 1.29 is 14.9 Å². The van der Waals surface area contributed by atoms with E-state index in [2.05, 4.69) is 17.0 Å². The second kappa shape index (κ2) is 17.4. The Hall–Kier alpha value is -0.970. The molecule has 0 fully saturated rings. The maximum absolute atomic E-state index is 10.9. The lowest BCUT2D eigenvalue weighted by molar-refractivity contribution is -0.234. The van der Waals surface area contributed by atoms with Crippen molar-refractivity contribution in [2.75, 3.05) is 0 Å². The molecule has 0 aromatic carbocycles. The highest BCUT2D eigenvalue weighted by molar-refractivity contribution is 5.68. The maximum atomic E-state index is 10.9. The van der Waals surface area contributed by atoms with Crippen LogP contribution in [0.25, 0.3) is 0 Å². The Morgan fingerprint density at radius 2 is 1.35 bits per heavy atom. The highest BCUT2D eigenvalue weighted by Gasteiger charge is 2.08. The molecule has 0 bridgehead atoms. The number of carbonyl (C=O) groups excluding carboxylic acids is 1. The average Bonchev–Trinajstić information content (AvgIpc) is 2.57. The molecule has 23 heavy (non-hydrogen) atoms. The fourth-order valence-corrected chi connectivity index (χ4v) is 2.81. The first-order valence-electron chi connectivity index (χ1n) is 9.41. The standard InChI is InChI=1S/C18H35NO4/c1-2-3-4-5-6-8-11-14-17(19-21)15-12-9-7-10-13-16-18(20)23-22/h17,22H,2-16H2,1H3. The van der Waals surface area contributed by atoms with Crippen LogP contribution in [0.1, 0.15) is 103 Å². The number of carbonyl (C=O) groups is 1. The Balaban J connectivity index is 3.38. The molecule has 1 atom stereocenters. The second-order valence-electron chi connectivity index (χ2n) is 6.44. The van der Waals surface area contributed by atoms with E-state index in [1.54, 1.807) is 0 Å². The van der Waals surface area contributed by atoms with Crippen molar-refractivity contribution in [3.63, 3.8) is 0 Å². The Kier molecular flexibility index (Phi) is 16.7. The molecule has 1 unspecified atom stereocenters. The first kappa shape index (κ1) is 22.0. The van der Waals surface area contributed by atoms with Gasteiger partial charge in [0.05, 0.1) is 6.04 Å². The van der Waals surface area contributed by atoms with Crippen LogP contribution in [0.5, 0.6) is 0 Å². The Bertz CT molecular complexity index is 284. The predicted molar refractivity (Wildman–Crippen MR) is 93.2 cm³/mol. The van der Waals surface area contributed by atoms with Gasteiger partial charge in [-0.3, -0.25) is 0 Å². The summed E-state index contributed by atoms with van der Waals surface area (Å²) in [6.07, 6.45) is 15.8. The molecule has 0 rings (SSSR count). The van der Waals surface area contributed by atoms with Crippen LogP contribution in [-0.2, 0) is 9.68 Å². The topological polar surface area (TPSA) is 76.0 Å². The number of nitroso groups, excluding NO2 is 1. The molecule has 0 saturated heterocycles. The Morgan fingerprint density at radius 3 is 1.83 bits per heavy atom. The van der Waals surface area contributed by atoms with E-state index in [0.717, 1.165) is 51.4 Å². The number of nitrogens with zero attached hydrogens (tertiary/aromatic N) is 1. The quantitative estimate of drug-likeness (QED) is 0.153. The third kappa shape index (κ3) is 15.7. The molecular formula is C18H35NO4. The molecule has 1 N–H and O–H groups in total. The summed E-state index contributed by atoms with van der Waals surface area (Å²) in [5.41, 5.74) is 0. The summed E-state index contributed by atoms with van der Waals surface area (Å²) in [5.74, 6) is -0.565. The van der Waals surface area contributed by atoms with Gasteiger partial charge in [-0.1, -0.05) is 82.7 Å². The largest absolute Gasteiger partial charge is 0.342 e. The van der Waals surface area contributed by atoms with Crippen molar-refractivity contribution >= 4 is 5.97 Å². The summed E-state index contributed by atoms with van der Waals surface area (Å²) in [7, 11) is 0. The molecular weight excluding hydrogens is 294 g/mol. The van der Waals surface area contributed by atoms with Crippen molar-refractivity contribution in [2.24, 2.45) is 5.18 Å². The summed E-state index contributed by atoms with van der Waals surface area (Å²) in [4.78, 5) is 25.2. The minimum Gasteiger partial charge on any atom is -0.301 e. The van der Waals surface area contributed by atoms with Crippen molar-refractivity contribution in [1.29, 1.82) is 0 Å². The van der Waals surface area contributed by atoms with Gasteiger partial charge in [-0.15, -0.1) is 0 Å². The number of hydrogen-bond donors (Lipinski definition) is 1. The molecule has 0 radical (unpaired) electrons. The van der Waals surface area contributed by atoms with E-state index in [9.17, 15) is 9.70 Å². The highest BCUT2D eigenvalue weighted by Crippen LogP contribution is 2.16. The molecule has 0 amide bonds. The highest BCUT2D eigenvalue weighted by atomic mass is 17.1. The number of rotatable bonds is 17. The van der Waals surface area contributed by atoms with Crippen LogP contribution in [0.3, 0.4) is 0 Å². The van der Waals surface area contributed by atoms with Crippen molar-refractivity contribution in [3.8, 4) is 0 Å². The summed E-state index contributed by atoms with van der Waals surface area (Å²) in [6, 6.07) is -0.0185. The molecule has 5 heteroatoms. The van der Waals surface area contributed by atoms with Gasteiger partial charge in [0, 0.05) is 6.42 Å². The first-order chi connectivity index (χ1) is 11.2. The molecule has 0 aromatic heterocycles. The molecule has 0 aliphatic carbocycles. The van der Waals surface area contributed by atoms with Gasteiger partial charge >= 0.3 is 5.97 Å². The lowest BCUT2D eigenvalue weighted by Gasteiger charge is -2.09. The summed E-state index contributed by atoms with van der Waals surface area (Å²) < 4.78 is 0. The van der Waals surface area contributed by atoms with E-state index in [-0.39, 0.29) is 12.5 Å². The van der Waals surface area contributed by atoms with Crippen LogP contribution in [0, 0.1) is 4.91 Å². The van der Waals surface area contributed by atoms with Crippen LogP contribution in [0.15, 0.2) is 5.18 Å². The van der Waals surface area contributed by atoms with Crippen molar-refractivity contribution in [1.82, 2.24) is 0 Å². The fraction of sp³-hybridized carbons (Fsp3) is 0.944. The van der Waals surface area contributed by atoms with Crippen LogP contribution in [-0.4, -0.2) is 17.3 Å². The zero-order valence-corrected chi connectivity index (χ0v) is 14.8. The molecule has 0 heterocycles. The van der Waals surface area contributed by atoms with Gasteiger partial charge in [0.15, 0.2) is 0 Å². The molecule has 0 aromatic rings. The van der Waals surface area contributed by atoms with Gasteiger partial charge in [-0.2, -0.15) is 10.2 Å². The lowest BCUT2D eigenvalue weighted by Crippen LogP contribution is -2.03. The van der Waals surface area contributed by atoms with Gasteiger partial charge in [-0.25, -0.2) is 4.79 Å². The predicted octanol–water partition coefficient (Wildman–Crippen LogP) is 6.01. The molecule has 0 saturated carbocycles. The molecule has 0 spiro atoms. The van der Waals surface area contributed by atoms with E-state index in [0.29, 0.717) is 0 Å². The smallest absolute Gasteiger partial charge is 0.301 e. The minimum absolute atomic E-state index is 0.0185. The number of hydrogen-bond acceptors (Lipinski definition) is 5. The first-order valence-corrected chi connectivity index (χ1v) is 9.41. The van der Waals surface area contributed by atoms with E-state index in [1.165, 1.54) is 38.5 Å². The van der Waals surface area contributed by atoms with Gasteiger partial charge in [0.2, 0.25) is 0 Å². The normalized spacial score (nSPS) is 12.1. The summed E-state index contributed by atoms with van der Waals surface area (Å²) in [6.45, 7) is 2.23. The van der Waals surface area contributed by atoms with Gasteiger partial charge in [0.1, 0.15) is 0 Å². The van der Waals surface area contributed by atoms with Crippen LogP contribution in [0.2, 0.25) is 0 Å². The summed E-state index contributed by atoms with van der Waals surface area (Å²) >= 11 is 0. The Labute approximate surface area is 141 Å². The van der Waals surface area contributed by atoms with Gasteiger partial charge < -0.3 is 4.89 Å². The molecule has 136 valence electrons. The van der Waals surface area contributed by atoms with Gasteiger partial charge in [0.25, 0.3) is 0 Å². The van der Waals surface area contributed by atoms with E-state index >= 15 is 0 Å². The lowest BCUT2D eigenvalue weighted by atomic mass is 10.0. The molecule has 0 aliphatic heterocycles. The second-order valence-corrected chi connectivity index (χ2v) is 6.44. The maximum Gasteiger partial charge on any atom is 0.342 e. The van der Waals surface area contributed by atoms with Crippen LogP contribution < -0.4 is 0 Å². The van der Waals surface area contributed by atoms with E-state index in [4.69, 9.17) is 5.26 Å². The number of unbranched alkanes of at least 4 members (excludes halogenated alkanes) is 10.